The van der Waals surface area contributed by atoms with Gasteiger partial charge in [-0.3, -0.25) is 4.31 Å². The molecule has 1 aromatic carbocycles. The van der Waals surface area contributed by atoms with Gasteiger partial charge in [0.15, 0.2) is 0 Å². The third-order valence-corrected chi connectivity index (χ3v) is 5.04. The van der Waals surface area contributed by atoms with Crippen molar-refractivity contribution < 1.29 is 12.8 Å². The van der Waals surface area contributed by atoms with Gasteiger partial charge in [-0.2, -0.15) is 0 Å². The summed E-state index contributed by atoms with van der Waals surface area (Å²) in [4.78, 5) is 3.69. The van der Waals surface area contributed by atoms with Gasteiger partial charge < -0.3 is 0 Å². The van der Waals surface area contributed by atoms with E-state index in [1.807, 2.05) is 0 Å². The average Bonchev–Trinajstić information content (AvgIpc) is 2.42. The molecule has 7 heteroatoms. The summed E-state index contributed by atoms with van der Waals surface area (Å²) in [5.41, 5.74) is 0.369. The van der Waals surface area contributed by atoms with E-state index in [1.165, 1.54) is 42.6 Å². The molecule has 106 valence electrons. The van der Waals surface area contributed by atoms with E-state index in [1.54, 1.807) is 6.92 Å². The number of hydrogen-bond donors (Lipinski definition) is 0. The Bertz CT molecular complexity index is 705. The minimum absolute atomic E-state index is 0.0761. The summed E-state index contributed by atoms with van der Waals surface area (Å²) >= 11 is 5.85. The first kappa shape index (κ1) is 14.7. The van der Waals surface area contributed by atoms with Gasteiger partial charge in [0.25, 0.3) is 10.0 Å². The van der Waals surface area contributed by atoms with Crippen molar-refractivity contribution in [2.45, 2.75) is 11.8 Å². The van der Waals surface area contributed by atoms with Crippen molar-refractivity contribution in [2.75, 3.05) is 10.8 Å². The Labute approximate surface area is 121 Å². The first-order chi connectivity index (χ1) is 9.46. The molecular formula is C13H12ClFN2O2S. The smallest absolute Gasteiger partial charge is 0.267 e. The summed E-state index contributed by atoms with van der Waals surface area (Å²) in [7, 11) is -3.83. The number of nitrogens with zero attached hydrogens (tertiary/aromatic N) is 2. The molecule has 1 heterocycles. The van der Waals surface area contributed by atoms with Crippen LogP contribution in [0.25, 0.3) is 0 Å². The first-order valence-electron chi connectivity index (χ1n) is 5.85. The standard InChI is InChI=1S/C13H12ClFN2O2S/c1-2-17(11-7-5-10(15)6-8-11)20(18,19)12-4-3-9-16-13(12)14/h3-9H,2H2,1H3. The van der Waals surface area contributed by atoms with Gasteiger partial charge >= 0.3 is 0 Å². The van der Waals surface area contributed by atoms with Gasteiger partial charge in [-0.15, -0.1) is 0 Å². The van der Waals surface area contributed by atoms with E-state index in [0.29, 0.717) is 5.69 Å². The van der Waals surface area contributed by atoms with Gasteiger partial charge in [0.05, 0.1) is 5.69 Å². The van der Waals surface area contributed by atoms with Crippen molar-refractivity contribution in [2.24, 2.45) is 0 Å². The monoisotopic (exact) mass is 314 g/mol. The van der Waals surface area contributed by atoms with E-state index in [4.69, 9.17) is 11.6 Å². The largest absolute Gasteiger partial charge is 0.267 e. The number of anilines is 1. The lowest BCUT2D eigenvalue weighted by atomic mass is 10.3. The van der Waals surface area contributed by atoms with E-state index >= 15 is 0 Å². The van der Waals surface area contributed by atoms with Crippen molar-refractivity contribution in [1.82, 2.24) is 4.98 Å². The number of aromatic nitrogens is 1. The van der Waals surface area contributed by atoms with Crippen molar-refractivity contribution in [3.8, 4) is 0 Å². The maximum absolute atomic E-state index is 12.9. The highest BCUT2D eigenvalue weighted by Crippen LogP contribution is 2.26. The first-order valence-corrected chi connectivity index (χ1v) is 7.67. The Morgan fingerprint density at radius 3 is 2.45 bits per heavy atom. The molecule has 0 fully saturated rings. The summed E-state index contributed by atoms with van der Waals surface area (Å²) in [6.07, 6.45) is 1.41. The lowest BCUT2D eigenvalue weighted by Crippen LogP contribution is -2.31. The van der Waals surface area contributed by atoms with Crippen LogP contribution < -0.4 is 4.31 Å². The Hall–Kier alpha value is -1.66. The van der Waals surface area contributed by atoms with E-state index in [0.717, 1.165) is 4.31 Å². The molecule has 0 aliphatic rings. The highest BCUT2D eigenvalue weighted by Gasteiger charge is 2.26. The third-order valence-electron chi connectivity index (χ3n) is 2.69. The van der Waals surface area contributed by atoms with Gasteiger partial charge in [0.2, 0.25) is 0 Å². The molecule has 0 aliphatic heterocycles. The predicted octanol–water partition coefficient (Wildman–Crippen LogP) is 3.09. The number of hydrogen-bond acceptors (Lipinski definition) is 3. The highest BCUT2D eigenvalue weighted by atomic mass is 35.5. The SMILES string of the molecule is CCN(c1ccc(F)cc1)S(=O)(=O)c1cccnc1Cl. The number of halogens is 2. The van der Waals surface area contributed by atoms with Gasteiger partial charge in [-0.1, -0.05) is 11.6 Å². The maximum atomic E-state index is 12.9. The van der Waals surface area contributed by atoms with Crippen LogP contribution in [0.15, 0.2) is 47.5 Å². The lowest BCUT2D eigenvalue weighted by Gasteiger charge is -2.23. The van der Waals surface area contributed by atoms with Crippen molar-refractivity contribution in [3.05, 3.63) is 53.6 Å². The number of pyridine rings is 1. The van der Waals surface area contributed by atoms with Crippen LogP contribution in [0.1, 0.15) is 6.92 Å². The molecule has 0 atom stereocenters. The number of sulfonamides is 1. The van der Waals surface area contributed by atoms with E-state index in [9.17, 15) is 12.8 Å². The van der Waals surface area contributed by atoms with Crippen LogP contribution in [0.2, 0.25) is 5.15 Å². The summed E-state index contributed by atoms with van der Waals surface area (Å²) < 4.78 is 39.2. The molecule has 0 bridgehead atoms. The number of benzene rings is 1. The van der Waals surface area contributed by atoms with Crippen LogP contribution in [0.5, 0.6) is 0 Å². The van der Waals surface area contributed by atoms with Crippen LogP contribution in [0.3, 0.4) is 0 Å². The zero-order valence-corrected chi connectivity index (χ0v) is 12.2. The molecule has 0 saturated carbocycles. The minimum Gasteiger partial charge on any atom is -0.267 e. The maximum Gasteiger partial charge on any atom is 0.267 e. The molecule has 0 saturated heterocycles. The summed E-state index contributed by atoms with van der Waals surface area (Å²) in [6, 6.07) is 8.10. The Morgan fingerprint density at radius 1 is 1.25 bits per heavy atom. The molecule has 0 unspecified atom stereocenters. The van der Waals surface area contributed by atoms with Crippen molar-refractivity contribution in [3.63, 3.8) is 0 Å². The van der Waals surface area contributed by atoms with Crippen LogP contribution >= 0.6 is 11.6 Å². The van der Waals surface area contributed by atoms with Crippen LogP contribution in [-0.2, 0) is 10.0 Å². The molecule has 2 rings (SSSR count). The fourth-order valence-electron chi connectivity index (χ4n) is 1.78. The van der Waals surface area contributed by atoms with Crippen LogP contribution in [-0.4, -0.2) is 19.9 Å². The Kier molecular flexibility index (Phi) is 4.25. The number of rotatable bonds is 4. The van der Waals surface area contributed by atoms with Crippen molar-refractivity contribution >= 4 is 27.3 Å². The normalized spacial score (nSPS) is 11.3. The molecule has 4 nitrogen and oxygen atoms in total. The van der Waals surface area contributed by atoms with Crippen LogP contribution in [0.4, 0.5) is 10.1 Å². The second kappa shape index (κ2) is 5.76. The fourth-order valence-corrected chi connectivity index (χ4v) is 3.69. The van der Waals surface area contributed by atoms with Gasteiger partial charge in [-0.05, 0) is 43.3 Å². The second-order valence-corrected chi connectivity index (χ2v) is 6.13. The van der Waals surface area contributed by atoms with E-state index < -0.39 is 15.8 Å². The quantitative estimate of drug-likeness (QED) is 0.815. The summed E-state index contributed by atoms with van der Waals surface area (Å²) in [6.45, 7) is 1.88. The summed E-state index contributed by atoms with van der Waals surface area (Å²) in [5, 5.41) is -0.0898. The zero-order chi connectivity index (χ0) is 14.8. The minimum atomic E-state index is -3.83. The van der Waals surface area contributed by atoms with Gasteiger partial charge in [0.1, 0.15) is 15.9 Å². The molecule has 0 amide bonds. The lowest BCUT2D eigenvalue weighted by molar-refractivity contribution is 0.591. The second-order valence-electron chi connectivity index (χ2n) is 3.94. The topological polar surface area (TPSA) is 50.3 Å². The molecule has 0 spiro atoms. The van der Waals surface area contributed by atoms with Crippen LogP contribution in [0, 0.1) is 5.82 Å². The van der Waals surface area contributed by atoms with Crippen molar-refractivity contribution in [1.29, 1.82) is 0 Å². The molecule has 20 heavy (non-hydrogen) atoms. The molecule has 2 aromatic rings. The average molecular weight is 315 g/mol. The molecule has 0 aliphatic carbocycles. The molecular weight excluding hydrogens is 303 g/mol. The Balaban J connectivity index is 2.51. The Morgan fingerprint density at radius 2 is 1.90 bits per heavy atom. The predicted molar refractivity (Wildman–Crippen MR) is 75.9 cm³/mol. The van der Waals surface area contributed by atoms with Gasteiger partial charge in [-0.25, -0.2) is 17.8 Å². The zero-order valence-electron chi connectivity index (χ0n) is 10.6. The summed E-state index contributed by atoms with van der Waals surface area (Å²) in [5.74, 6) is -0.429. The van der Waals surface area contributed by atoms with Gasteiger partial charge in [0, 0.05) is 12.7 Å². The molecule has 0 radical (unpaired) electrons. The van der Waals surface area contributed by atoms with E-state index in [2.05, 4.69) is 4.98 Å². The third kappa shape index (κ3) is 2.76. The van der Waals surface area contributed by atoms with E-state index in [-0.39, 0.29) is 16.6 Å². The fraction of sp³-hybridized carbons (Fsp3) is 0.154. The molecule has 0 N–H and O–H groups in total. The highest BCUT2D eigenvalue weighted by molar-refractivity contribution is 7.93. The molecule has 1 aromatic heterocycles.